The number of carbonyl (C=O) groups is 1. The number of aromatic carboxylic acids is 1. The Morgan fingerprint density at radius 1 is 0.960 bits per heavy atom. The molecule has 1 saturated heterocycles. The number of benzene rings is 2. The minimum Gasteiger partial charge on any atom is -0.478 e. The van der Waals surface area contributed by atoms with Crippen LogP contribution in [0.3, 0.4) is 0 Å². The Morgan fingerprint density at radius 2 is 1.56 bits per heavy atom. The molecule has 0 unspecified atom stereocenters. The summed E-state index contributed by atoms with van der Waals surface area (Å²) in [7, 11) is -3.51. The third kappa shape index (κ3) is 3.57. The van der Waals surface area contributed by atoms with E-state index in [1.807, 2.05) is 0 Å². The van der Waals surface area contributed by atoms with E-state index >= 15 is 0 Å². The van der Waals surface area contributed by atoms with Crippen molar-refractivity contribution in [2.75, 3.05) is 13.1 Å². The van der Waals surface area contributed by atoms with E-state index in [1.165, 1.54) is 28.6 Å². The van der Waals surface area contributed by atoms with Crippen LogP contribution in [0.2, 0.25) is 0 Å². The summed E-state index contributed by atoms with van der Waals surface area (Å²) >= 11 is 0. The summed E-state index contributed by atoms with van der Waals surface area (Å²) < 4.78 is 40.5. The Morgan fingerprint density at radius 3 is 2.12 bits per heavy atom. The van der Waals surface area contributed by atoms with Gasteiger partial charge < -0.3 is 5.11 Å². The van der Waals surface area contributed by atoms with E-state index in [0.717, 1.165) is 25.3 Å². The van der Waals surface area contributed by atoms with Gasteiger partial charge in [-0.2, -0.15) is 4.31 Å². The minimum atomic E-state index is -3.51. The zero-order valence-electron chi connectivity index (χ0n) is 13.5. The highest BCUT2D eigenvalue weighted by atomic mass is 32.2. The highest BCUT2D eigenvalue weighted by Crippen LogP contribution is 2.26. The summed E-state index contributed by atoms with van der Waals surface area (Å²) in [4.78, 5) is 11.1. The highest BCUT2D eigenvalue weighted by Gasteiger charge is 2.25. The second kappa shape index (κ2) is 6.93. The summed E-state index contributed by atoms with van der Waals surface area (Å²) in [5.74, 6) is -2.15. The maximum Gasteiger partial charge on any atom is 0.338 e. The summed E-state index contributed by atoms with van der Waals surface area (Å²) in [6.07, 6.45) is 2.78. The van der Waals surface area contributed by atoms with Crippen molar-refractivity contribution in [1.82, 2.24) is 4.31 Å². The van der Waals surface area contributed by atoms with Crippen LogP contribution in [0.25, 0.3) is 11.1 Å². The van der Waals surface area contributed by atoms with Crippen molar-refractivity contribution in [2.24, 2.45) is 0 Å². The van der Waals surface area contributed by atoms with Crippen molar-refractivity contribution in [3.8, 4) is 11.1 Å². The molecule has 25 heavy (non-hydrogen) atoms. The SMILES string of the molecule is O=C(O)c1ccc(-c2ccc(S(=O)(=O)N3CCCCC3)cc2)cc1F. The molecule has 5 nitrogen and oxygen atoms in total. The molecule has 132 valence electrons. The quantitative estimate of drug-likeness (QED) is 0.904. The largest absolute Gasteiger partial charge is 0.478 e. The number of rotatable bonds is 4. The lowest BCUT2D eigenvalue weighted by Gasteiger charge is -2.25. The van der Waals surface area contributed by atoms with Crippen LogP contribution in [-0.2, 0) is 10.0 Å². The van der Waals surface area contributed by atoms with E-state index in [9.17, 15) is 17.6 Å². The summed E-state index contributed by atoms with van der Waals surface area (Å²) in [5, 5.41) is 8.87. The minimum absolute atomic E-state index is 0.209. The number of nitrogens with zero attached hydrogens (tertiary/aromatic N) is 1. The smallest absolute Gasteiger partial charge is 0.338 e. The highest BCUT2D eigenvalue weighted by molar-refractivity contribution is 7.89. The van der Waals surface area contributed by atoms with Gasteiger partial charge in [-0.3, -0.25) is 0 Å². The van der Waals surface area contributed by atoms with E-state index in [4.69, 9.17) is 5.11 Å². The Bertz CT molecular complexity index is 888. The van der Waals surface area contributed by atoms with Gasteiger partial charge >= 0.3 is 5.97 Å². The molecule has 0 spiro atoms. The molecule has 0 radical (unpaired) electrons. The first kappa shape index (κ1) is 17.6. The summed E-state index contributed by atoms with van der Waals surface area (Å²) in [6.45, 7) is 1.07. The van der Waals surface area contributed by atoms with E-state index in [2.05, 4.69) is 0 Å². The van der Waals surface area contributed by atoms with Crippen LogP contribution >= 0.6 is 0 Å². The van der Waals surface area contributed by atoms with Crippen molar-refractivity contribution < 1.29 is 22.7 Å². The zero-order chi connectivity index (χ0) is 18.0. The van der Waals surface area contributed by atoms with Crippen LogP contribution < -0.4 is 0 Å². The molecule has 3 rings (SSSR count). The average molecular weight is 363 g/mol. The molecular formula is C18H18FNO4S. The maximum atomic E-state index is 13.8. The Balaban J connectivity index is 1.87. The molecule has 0 aliphatic carbocycles. The first-order valence-electron chi connectivity index (χ1n) is 8.03. The fourth-order valence-electron chi connectivity index (χ4n) is 2.94. The second-order valence-corrected chi connectivity index (χ2v) is 7.93. The second-order valence-electron chi connectivity index (χ2n) is 5.99. The van der Waals surface area contributed by atoms with Crippen LogP contribution in [0.1, 0.15) is 29.6 Å². The van der Waals surface area contributed by atoms with Gasteiger partial charge in [-0.25, -0.2) is 17.6 Å². The molecule has 2 aromatic rings. The van der Waals surface area contributed by atoms with Gasteiger partial charge in [-0.1, -0.05) is 24.6 Å². The topological polar surface area (TPSA) is 74.7 Å². The molecule has 1 heterocycles. The fourth-order valence-corrected chi connectivity index (χ4v) is 4.46. The number of piperidine rings is 1. The molecule has 0 amide bonds. The maximum absolute atomic E-state index is 13.8. The van der Waals surface area contributed by atoms with Gasteiger partial charge in [0, 0.05) is 13.1 Å². The number of hydrogen-bond acceptors (Lipinski definition) is 3. The number of carboxylic acid groups (broad SMARTS) is 1. The van der Waals surface area contributed by atoms with E-state index in [0.29, 0.717) is 24.2 Å². The van der Waals surface area contributed by atoms with Crippen molar-refractivity contribution in [3.05, 3.63) is 53.8 Å². The zero-order valence-corrected chi connectivity index (χ0v) is 14.3. The van der Waals surface area contributed by atoms with Crippen LogP contribution in [0.4, 0.5) is 4.39 Å². The van der Waals surface area contributed by atoms with Crippen LogP contribution in [-0.4, -0.2) is 36.9 Å². The van der Waals surface area contributed by atoms with E-state index in [1.54, 1.807) is 12.1 Å². The lowest BCUT2D eigenvalue weighted by molar-refractivity contribution is 0.0692. The molecule has 1 aliphatic heterocycles. The molecule has 1 N–H and O–H groups in total. The molecule has 0 bridgehead atoms. The van der Waals surface area contributed by atoms with Crippen LogP contribution in [0.15, 0.2) is 47.4 Å². The normalized spacial score (nSPS) is 15.9. The predicted octanol–water partition coefficient (Wildman–Crippen LogP) is 3.37. The molecule has 7 heteroatoms. The van der Waals surface area contributed by atoms with Gasteiger partial charge in [0.2, 0.25) is 10.0 Å². The first-order valence-corrected chi connectivity index (χ1v) is 9.47. The number of sulfonamides is 1. The van der Waals surface area contributed by atoms with Gasteiger partial charge in [0.1, 0.15) is 5.82 Å². The molecule has 0 aromatic heterocycles. The monoisotopic (exact) mass is 363 g/mol. The van der Waals surface area contributed by atoms with Gasteiger partial charge in [-0.15, -0.1) is 0 Å². The van der Waals surface area contributed by atoms with Gasteiger partial charge in [0.15, 0.2) is 0 Å². The first-order chi connectivity index (χ1) is 11.9. The average Bonchev–Trinajstić information content (AvgIpc) is 2.62. The van der Waals surface area contributed by atoms with Crippen molar-refractivity contribution >= 4 is 16.0 Å². The van der Waals surface area contributed by atoms with Crippen molar-refractivity contribution in [1.29, 1.82) is 0 Å². The van der Waals surface area contributed by atoms with E-state index < -0.39 is 27.4 Å². The molecule has 1 fully saturated rings. The Hall–Kier alpha value is -2.25. The fraction of sp³-hybridized carbons (Fsp3) is 0.278. The number of hydrogen-bond donors (Lipinski definition) is 1. The molecule has 0 atom stereocenters. The Labute approximate surface area is 145 Å². The summed E-state index contributed by atoms with van der Waals surface area (Å²) in [5.41, 5.74) is 0.714. The van der Waals surface area contributed by atoms with Crippen molar-refractivity contribution in [2.45, 2.75) is 24.2 Å². The molecule has 0 saturated carbocycles. The van der Waals surface area contributed by atoms with Gasteiger partial charge in [-0.05, 0) is 48.2 Å². The lowest BCUT2D eigenvalue weighted by atomic mass is 10.0. The van der Waals surface area contributed by atoms with Crippen molar-refractivity contribution in [3.63, 3.8) is 0 Å². The predicted molar refractivity (Wildman–Crippen MR) is 91.4 cm³/mol. The standard InChI is InChI=1S/C18H18FNO4S/c19-17-12-14(6-9-16(17)18(21)22)13-4-7-15(8-5-13)25(23,24)20-10-2-1-3-11-20/h4-9,12H,1-3,10-11H2,(H,21,22). The number of halogens is 1. The third-order valence-electron chi connectivity index (χ3n) is 4.34. The van der Waals surface area contributed by atoms with Crippen LogP contribution in [0.5, 0.6) is 0 Å². The molecular weight excluding hydrogens is 345 g/mol. The van der Waals surface area contributed by atoms with Gasteiger partial charge in [0.05, 0.1) is 10.5 Å². The Kier molecular flexibility index (Phi) is 4.87. The summed E-state index contributed by atoms with van der Waals surface area (Å²) in [6, 6.07) is 10.0. The van der Waals surface area contributed by atoms with Gasteiger partial charge in [0.25, 0.3) is 0 Å². The third-order valence-corrected chi connectivity index (χ3v) is 6.25. The molecule has 1 aliphatic rings. The number of carboxylic acids is 1. The lowest BCUT2D eigenvalue weighted by Crippen LogP contribution is -2.35. The van der Waals surface area contributed by atoms with Crippen LogP contribution in [0, 0.1) is 5.82 Å². The molecule has 2 aromatic carbocycles. The van der Waals surface area contributed by atoms with E-state index in [-0.39, 0.29) is 4.90 Å².